The zero-order valence-electron chi connectivity index (χ0n) is 26.3. The van der Waals surface area contributed by atoms with Gasteiger partial charge >= 0.3 is 0 Å². The van der Waals surface area contributed by atoms with Gasteiger partial charge < -0.3 is 9.47 Å². The van der Waals surface area contributed by atoms with Crippen LogP contribution in [-0.2, 0) is 9.47 Å². The van der Waals surface area contributed by atoms with Gasteiger partial charge in [-0.15, -0.1) is 0 Å². The van der Waals surface area contributed by atoms with E-state index in [0.717, 1.165) is 25.9 Å². The van der Waals surface area contributed by atoms with E-state index in [4.69, 9.17) is 9.47 Å². The van der Waals surface area contributed by atoms with Crippen molar-refractivity contribution >= 4 is 47.0 Å². The Bertz CT molecular complexity index is 462. The predicted octanol–water partition coefficient (Wildman–Crippen LogP) is 11.5. The molecular weight excluding hydrogens is 557 g/mol. The molecule has 0 spiro atoms. The van der Waals surface area contributed by atoms with E-state index < -0.39 is 0 Å². The Hall–Kier alpha value is 1.32. The molecule has 1 rings (SSSR count). The van der Waals surface area contributed by atoms with E-state index in [1.54, 1.807) is 0 Å². The summed E-state index contributed by atoms with van der Waals surface area (Å²) in [6, 6.07) is 0. The first kappa shape index (κ1) is 38.3. The fraction of sp³-hybridized carbons (Fsp3) is 1.00. The maximum Gasteiger partial charge on any atom is 0.168 e. The molecule has 1 heterocycles. The third-order valence-electron chi connectivity index (χ3n) is 7.59. The highest BCUT2D eigenvalue weighted by Gasteiger charge is 2.39. The van der Waals surface area contributed by atoms with Crippen molar-refractivity contribution in [2.24, 2.45) is 0 Å². The molecule has 0 N–H and O–H groups in total. The number of hydrogen-bond donors (Lipinski definition) is 0. The monoisotopic (exact) mass is 622 g/mol. The van der Waals surface area contributed by atoms with Crippen LogP contribution in [0.15, 0.2) is 0 Å². The first-order chi connectivity index (χ1) is 19.3. The van der Waals surface area contributed by atoms with Crippen molar-refractivity contribution in [1.29, 1.82) is 0 Å². The van der Waals surface area contributed by atoms with Gasteiger partial charge in [0.1, 0.15) is 0 Å². The van der Waals surface area contributed by atoms with E-state index in [0.29, 0.717) is 6.10 Å². The molecule has 1 saturated heterocycles. The highest BCUT2D eigenvalue weighted by atomic mass is 32.2. The lowest BCUT2D eigenvalue weighted by Crippen LogP contribution is -2.31. The lowest BCUT2D eigenvalue weighted by molar-refractivity contribution is -0.179. The molecule has 1 aliphatic rings. The van der Waals surface area contributed by atoms with Gasteiger partial charge in [-0.3, -0.25) is 0 Å². The summed E-state index contributed by atoms with van der Waals surface area (Å²) in [7, 11) is 0. The van der Waals surface area contributed by atoms with Gasteiger partial charge in [-0.2, -0.15) is 47.0 Å². The second-order valence-corrected chi connectivity index (χ2v) is 16.2. The van der Waals surface area contributed by atoms with Crippen LogP contribution in [0.5, 0.6) is 0 Å². The molecule has 0 saturated carbocycles. The van der Waals surface area contributed by atoms with Crippen molar-refractivity contribution in [3.8, 4) is 0 Å². The van der Waals surface area contributed by atoms with Crippen LogP contribution in [0.1, 0.15) is 143 Å². The Morgan fingerprint density at radius 1 is 0.487 bits per heavy atom. The summed E-state index contributed by atoms with van der Waals surface area (Å²) >= 11 is 8.60. The van der Waals surface area contributed by atoms with Gasteiger partial charge in [0.2, 0.25) is 0 Å². The molecule has 0 aliphatic carbocycles. The van der Waals surface area contributed by atoms with Crippen LogP contribution >= 0.6 is 47.0 Å². The quantitative estimate of drug-likeness (QED) is 0.0711. The molecular formula is C33H66O2S4. The Morgan fingerprint density at radius 2 is 0.872 bits per heavy atom. The Balaban J connectivity index is 1.99. The topological polar surface area (TPSA) is 18.5 Å². The van der Waals surface area contributed by atoms with Crippen LogP contribution in [-0.4, -0.2) is 64.5 Å². The second-order valence-electron chi connectivity index (χ2n) is 11.3. The zero-order chi connectivity index (χ0) is 28.1. The Morgan fingerprint density at radius 3 is 1.26 bits per heavy atom. The highest BCUT2D eigenvalue weighted by Crippen LogP contribution is 2.35. The smallest absolute Gasteiger partial charge is 0.168 e. The summed E-state index contributed by atoms with van der Waals surface area (Å²) in [5.41, 5.74) is 0. The SMILES string of the molecule is CCCCSCCSCCCCCCCCC1(CCCCCCCCSCCSCCCC)OCC(CC)O1. The Kier molecular flexibility index (Phi) is 28.9. The molecule has 1 unspecified atom stereocenters. The number of hydrogen-bond acceptors (Lipinski definition) is 6. The van der Waals surface area contributed by atoms with Gasteiger partial charge in [0.05, 0.1) is 12.7 Å². The van der Waals surface area contributed by atoms with Gasteiger partial charge in [-0.05, 0) is 68.0 Å². The van der Waals surface area contributed by atoms with E-state index >= 15 is 0 Å². The molecule has 2 nitrogen and oxygen atoms in total. The van der Waals surface area contributed by atoms with Gasteiger partial charge in [-0.25, -0.2) is 0 Å². The predicted molar refractivity (Wildman–Crippen MR) is 188 cm³/mol. The number of ether oxygens (including phenoxy) is 2. The number of unbranched alkanes of at least 4 members (excludes halogenated alkanes) is 12. The molecule has 39 heavy (non-hydrogen) atoms. The molecule has 1 fully saturated rings. The van der Waals surface area contributed by atoms with E-state index in [2.05, 4.69) is 67.8 Å². The number of thioether (sulfide) groups is 4. The largest absolute Gasteiger partial charge is 0.347 e. The van der Waals surface area contributed by atoms with Crippen LogP contribution in [0.2, 0.25) is 0 Å². The van der Waals surface area contributed by atoms with Crippen LogP contribution in [0.25, 0.3) is 0 Å². The van der Waals surface area contributed by atoms with Crippen LogP contribution in [0.3, 0.4) is 0 Å². The molecule has 0 amide bonds. The lowest BCUT2D eigenvalue weighted by atomic mass is 9.99. The minimum absolute atomic E-state index is 0.266. The van der Waals surface area contributed by atoms with E-state index in [1.165, 1.54) is 149 Å². The first-order valence-corrected chi connectivity index (χ1v) is 21.5. The third kappa shape index (κ3) is 23.5. The second kappa shape index (κ2) is 29.4. The molecule has 0 radical (unpaired) electrons. The third-order valence-corrected chi connectivity index (χ3v) is 12.4. The van der Waals surface area contributed by atoms with E-state index in [9.17, 15) is 0 Å². The van der Waals surface area contributed by atoms with Crippen molar-refractivity contribution in [2.45, 2.75) is 155 Å². The van der Waals surface area contributed by atoms with Crippen molar-refractivity contribution in [1.82, 2.24) is 0 Å². The van der Waals surface area contributed by atoms with Gasteiger partial charge in [0, 0.05) is 35.9 Å². The normalized spacial score (nSPS) is 16.8. The molecule has 0 aromatic heterocycles. The van der Waals surface area contributed by atoms with Crippen LogP contribution in [0, 0.1) is 0 Å². The summed E-state index contributed by atoms with van der Waals surface area (Å²) in [4.78, 5) is 0. The summed E-state index contributed by atoms with van der Waals surface area (Å²) in [6.07, 6.45) is 25.4. The summed E-state index contributed by atoms with van der Waals surface area (Å²) < 4.78 is 12.8. The average molecular weight is 623 g/mol. The Labute approximate surface area is 262 Å². The van der Waals surface area contributed by atoms with Gasteiger partial charge in [0.25, 0.3) is 0 Å². The molecule has 0 bridgehead atoms. The van der Waals surface area contributed by atoms with Crippen LogP contribution < -0.4 is 0 Å². The first-order valence-electron chi connectivity index (χ1n) is 16.9. The fourth-order valence-corrected chi connectivity index (χ4v) is 9.46. The number of rotatable bonds is 31. The summed E-state index contributed by atoms with van der Waals surface area (Å²) in [5, 5.41) is 0. The minimum Gasteiger partial charge on any atom is -0.347 e. The maximum absolute atomic E-state index is 6.49. The fourth-order valence-electron chi connectivity index (χ4n) is 4.95. The van der Waals surface area contributed by atoms with Crippen molar-refractivity contribution in [3.05, 3.63) is 0 Å². The zero-order valence-corrected chi connectivity index (χ0v) is 29.6. The van der Waals surface area contributed by atoms with Crippen LogP contribution in [0.4, 0.5) is 0 Å². The molecule has 1 aliphatic heterocycles. The average Bonchev–Trinajstić information content (AvgIpc) is 3.37. The summed E-state index contributed by atoms with van der Waals surface area (Å²) in [6.45, 7) is 7.61. The van der Waals surface area contributed by atoms with Crippen molar-refractivity contribution < 1.29 is 9.47 Å². The van der Waals surface area contributed by atoms with Gasteiger partial charge in [-0.1, -0.05) is 85.0 Å². The van der Waals surface area contributed by atoms with Crippen molar-refractivity contribution in [2.75, 3.05) is 52.6 Å². The van der Waals surface area contributed by atoms with Crippen molar-refractivity contribution in [3.63, 3.8) is 0 Å². The molecule has 234 valence electrons. The minimum atomic E-state index is -0.266. The summed E-state index contributed by atoms with van der Waals surface area (Å²) in [5.74, 6) is 10.5. The standard InChI is InChI=1S/C33H66O2S4/c1-4-7-23-36-27-29-38-25-19-15-11-9-13-17-21-33(34-31-32(6-3)35-33)22-18-14-10-12-16-20-26-39-30-28-37-24-8-5-2/h32H,4-31H2,1-3H3. The van der Waals surface area contributed by atoms with E-state index in [-0.39, 0.29) is 5.79 Å². The maximum atomic E-state index is 6.49. The molecule has 0 aromatic rings. The highest BCUT2D eigenvalue weighted by molar-refractivity contribution is 8.03. The molecule has 0 aromatic carbocycles. The van der Waals surface area contributed by atoms with Gasteiger partial charge in [0.15, 0.2) is 5.79 Å². The van der Waals surface area contributed by atoms with E-state index in [1.807, 2.05) is 0 Å². The molecule has 6 heteroatoms. The lowest BCUT2D eigenvalue weighted by Gasteiger charge is -2.28. The molecule has 1 atom stereocenters.